The summed E-state index contributed by atoms with van der Waals surface area (Å²) in [6, 6.07) is 18.8. The maximum atomic E-state index is 13.1. The summed E-state index contributed by atoms with van der Waals surface area (Å²) in [6.45, 7) is 0. The van der Waals surface area contributed by atoms with Crippen LogP contribution >= 0.6 is 0 Å². The van der Waals surface area contributed by atoms with Crippen LogP contribution in [-0.4, -0.2) is 0 Å². The quantitative estimate of drug-likeness (QED) is 0.315. The van der Waals surface area contributed by atoms with Crippen LogP contribution in [0.25, 0.3) is 44.6 Å². The molecule has 0 unspecified atom stereocenters. The third kappa shape index (κ3) is 2.59. The van der Waals surface area contributed by atoms with Gasteiger partial charge in [-0.3, -0.25) is 11.5 Å². The first-order valence-electron chi connectivity index (χ1n) is 9.57. The van der Waals surface area contributed by atoms with Crippen LogP contribution in [0.3, 0.4) is 0 Å². The Balaban J connectivity index is 1.79. The van der Waals surface area contributed by atoms with Gasteiger partial charge in [-0.05, 0) is 30.3 Å². The first kappa shape index (κ1) is 19.1. The second kappa shape index (κ2) is 6.84. The first-order valence-corrected chi connectivity index (χ1v) is 9.57. The topological polar surface area (TPSA) is 160 Å². The number of aromatic nitrogens is 4. The van der Waals surface area contributed by atoms with Gasteiger partial charge in [-0.2, -0.15) is 9.46 Å². The summed E-state index contributed by atoms with van der Waals surface area (Å²) >= 11 is 0. The molecule has 158 valence electrons. The fourth-order valence-corrected chi connectivity index (χ4v) is 3.86. The molecule has 32 heavy (non-hydrogen) atoms. The molecule has 0 saturated carbocycles. The molecule has 10 nitrogen and oxygen atoms in total. The van der Waals surface area contributed by atoms with Gasteiger partial charge < -0.3 is 20.8 Å². The van der Waals surface area contributed by atoms with E-state index in [1.165, 1.54) is 30.3 Å². The maximum absolute atomic E-state index is 13.1. The van der Waals surface area contributed by atoms with Crippen LogP contribution in [0.15, 0.2) is 72.8 Å². The van der Waals surface area contributed by atoms with E-state index in [0.29, 0.717) is 18.9 Å². The minimum atomic E-state index is -0.295. The number of nitrogens with zero attached hydrogens (tertiary/aromatic N) is 4. The van der Waals surface area contributed by atoms with Crippen LogP contribution in [0.2, 0.25) is 0 Å². The third-order valence-corrected chi connectivity index (χ3v) is 5.38. The van der Waals surface area contributed by atoms with Gasteiger partial charge >= 0.3 is 23.0 Å². The second-order valence-corrected chi connectivity index (χ2v) is 7.20. The number of nitrogen functional groups attached to an aromatic ring is 2. The Kier molecular flexibility index (Phi) is 4.09. The van der Waals surface area contributed by atoms with Crippen LogP contribution in [-0.2, 0) is 0 Å². The predicted molar refractivity (Wildman–Crippen MR) is 117 cm³/mol. The zero-order chi connectivity index (χ0) is 22.6. The summed E-state index contributed by atoms with van der Waals surface area (Å²) in [6.07, 6.45) is 0. The Morgan fingerprint density at radius 1 is 0.469 bits per heavy atom. The fraction of sp³-hybridized carbons (Fsp3) is 0. The van der Waals surface area contributed by atoms with Crippen molar-refractivity contribution in [2.75, 3.05) is 11.5 Å². The maximum Gasteiger partial charge on any atom is 0.351 e. The highest BCUT2D eigenvalue weighted by Crippen LogP contribution is 2.28. The molecule has 0 aliphatic carbocycles. The molecule has 2 heterocycles. The van der Waals surface area contributed by atoms with Crippen LogP contribution < -0.4 is 30.4 Å². The van der Waals surface area contributed by atoms with Gasteiger partial charge in [0.15, 0.2) is 0 Å². The predicted octanol–water partition coefficient (Wildman–Crippen LogP) is 1.02. The number of hydrogen-bond donors (Lipinski definition) is 2. The Labute approximate surface area is 180 Å². The van der Waals surface area contributed by atoms with E-state index in [0.717, 1.165) is 0 Å². The molecule has 5 rings (SSSR count). The largest absolute Gasteiger partial charge is 0.710 e. The normalized spacial score (nSPS) is 11.2. The summed E-state index contributed by atoms with van der Waals surface area (Å²) in [5.41, 5.74) is 13.0. The van der Waals surface area contributed by atoms with Gasteiger partial charge in [-0.25, -0.2) is 9.46 Å². The molecule has 0 radical (unpaired) electrons. The molecule has 0 bridgehead atoms. The van der Waals surface area contributed by atoms with E-state index < -0.39 is 0 Å². The number of rotatable bonds is 2. The summed E-state index contributed by atoms with van der Waals surface area (Å²) in [5, 5.41) is 51.4. The minimum Gasteiger partial charge on any atom is -0.710 e. The Hall–Kier alpha value is -4.86. The zero-order valence-electron chi connectivity index (χ0n) is 16.5. The van der Waals surface area contributed by atoms with Crippen LogP contribution in [0.5, 0.6) is 0 Å². The summed E-state index contributed by atoms with van der Waals surface area (Å²) in [7, 11) is 0. The van der Waals surface area contributed by atoms with Crippen LogP contribution in [0, 0.1) is 20.8 Å². The van der Waals surface area contributed by atoms with Crippen molar-refractivity contribution in [3.05, 3.63) is 93.6 Å². The van der Waals surface area contributed by atoms with Crippen molar-refractivity contribution < 1.29 is 18.9 Å². The summed E-state index contributed by atoms with van der Waals surface area (Å²) in [4.78, 5) is 0. The zero-order valence-corrected chi connectivity index (χ0v) is 16.5. The number of anilines is 2. The highest BCUT2D eigenvalue weighted by atomic mass is 16.5. The van der Waals surface area contributed by atoms with E-state index in [-0.39, 0.29) is 56.2 Å². The molecule has 0 amide bonds. The van der Waals surface area contributed by atoms with Crippen molar-refractivity contribution in [1.29, 1.82) is 0 Å². The van der Waals surface area contributed by atoms with E-state index in [4.69, 9.17) is 11.5 Å². The lowest BCUT2D eigenvalue weighted by atomic mass is 10.0. The average Bonchev–Trinajstić information content (AvgIpc) is 2.82. The first-order chi connectivity index (χ1) is 15.4. The molecule has 0 saturated heterocycles. The van der Waals surface area contributed by atoms with Gasteiger partial charge in [0.25, 0.3) is 11.0 Å². The van der Waals surface area contributed by atoms with Crippen molar-refractivity contribution >= 4 is 33.7 Å². The highest BCUT2D eigenvalue weighted by Gasteiger charge is 2.29. The van der Waals surface area contributed by atoms with Crippen LogP contribution in [0.1, 0.15) is 0 Å². The molecular formula is C22H16N6O4. The second-order valence-electron chi connectivity index (χ2n) is 7.20. The van der Waals surface area contributed by atoms with Gasteiger partial charge in [-0.1, -0.05) is 30.3 Å². The van der Waals surface area contributed by atoms with Crippen molar-refractivity contribution in [3.63, 3.8) is 0 Å². The van der Waals surface area contributed by atoms with Crippen molar-refractivity contribution in [2.45, 2.75) is 0 Å². The highest BCUT2D eigenvalue weighted by molar-refractivity contribution is 5.79. The van der Waals surface area contributed by atoms with Crippen molar-refractivity contribution in [2.24, 2.45) is 0 Å². The lowest BCUT2D eigenvalue weighted by Gasteiger charge is -2.15. The molecule has 4 N–H and O–H groups in total. The number of para-hydroxylation sites is 4. The number of hydrogen-bond acceptors (Lipinski definition) is 6. The van der Waals surface area contributed by atoms with E-state index in [1.807, 2.05) is 0 Å². The van der Waals surface area contributed by atoms with E-state index in [1.54, 1.807) is 42.5 Å². The molecule has 5 aromatic rings. The molecule has 0 aliphatic rings. The average molecular weight is 428 g/mol. The van der Waals surface area contributed by atoms with E-state index in [9.17, 15) is 20.8 Å². The van der Waals surface area contributed by atoms with Crippen molar-refractivity contribution in [1.82, 2.24) is 0 Å². The Bertz CT molecular complexity index is 1440. The third-order valence-electron chi connectivity index (χ3n) is 5.38. The number of fused-ring (bicyclic) bond motifs is 2. The van der Waals surface area contributed by atoms with Crippen LogP contribution in [0.4, 0.5) is 11.6 Å². The summed E-state index contributed by atoms with van der Waals surface area (Å²) < 4.78 is 2.10. The molecule has 2 aromatic heterocycles. The number of benzene rings is 3. The molecule has 0 atom stereocenters. The standard InChI is InChI=1S/C22H16N6O4/c23-21-19(25(29)15-8-1-3-10-17(15)27(21)31)13-6-5-7-14(12-13)20-22(24)28(32)18-11-4-2-9-16(18)26(20)30/h1-12H,23-24H2. The lowest BCUT2D eigenvalue weighted by molar-refractivity contribution is -0.610. The van der Waals surface area contributed by atoms with Gasteiger partial charge in [0, 0.05) is 12.1 Å². The molecular weight excluding hydrogens is 412 g/mol. The summed E-state index contributed by atoms with van der Waals surface area (Å²) in [5.74, 6) is -0.590. The molecule has 0 fully saturated rings. The Morgan fingerprint density at radius 3 is 1.19 bits per heavy atom. The van der Waals surface area contributed by atoms with Gasteiger partial charge in [0.2, 0.25) is 11.0 Å². The molecule has 3 aromatic carbocycles. The molecule has 0 spiro atoms. The minimum absolute atomic E-state index is 0.0765. The van der Waals surface area contributed by atoms with Gasteiger partial charge in [0.05, 0.1) is 11.1 Å². The number of nitrogens with two attached hydrogens (primary N) is 2. The van der Waals surface area contributed by atoms with E-state index in [2.05, 4.69) is 0 Å². The fourth-order valence-electron chi connectivity index (χ4n) is 3.86. The molecule has 0 aliphatic heterocycles. The SMILES string of the molecule is Nc1c(-c2cccc(-c3c(N)[n+]([O-])c4ccccc4[n+]3[O-])c2)[n+]([O-])c2ccccc2[n+]1[O-]. The Morgan fingerprint density at radius 2 is 0.812 bits per heavy atom. The van der Waals surface area contributed by atoms with Crippen molar-refractivity contribution in [3.8, 4) is 22.5 Å². The van der Waals surface area contributed by atoms with E-state index >= 15 is 0 Å². The lowest BCUT2D eigenvalue weighted by Crippen LogP contribution is -2.43. The van der Waals surface area contributed by atoms with Gasteiger partial charge in [0.1, 0.15) is 0 Å². The van der Waals surface area contributed by atoms with Gasteiger partial charge in [-0.15, -0.1) is 0 Å². The monoisotopic (exact) mass is 428 g/mol. The smallest absolute Gasteiger partial charge is 0.351 e. The molecule has 10 heteroatoms.